The molecule has 0 aliphatic heterocycles. The number of nitrogens with zero attached hydrogens (tertiary/aromatic N) is 1. The molecule has 0 saturated heterocycles. The Hall–Kier alpha value is -1.58. The van der Waals surface area contributed by atoms with Crippen LogP contribution in [0.15, 0.2) is 0 Å². The monoisotopic (exact) mass is 370 g/mol. The molecule has 0 fully saturated rings. The highest BCUT2D eigenvalue weighted by molar-refractivity contribution is 6.90. The molecule has 1 aromatic heterocycles. The summed E-state index contributed by atoms with van der Waals surface area (Å²) in [5.41, 5.74) is 8.98. The topological polar surface area (TPSA) is 76.2 Å². The zero-order chi connectivity index (χ0) is 18.8. The molecule has 1 aromatic rings. The molecule has 7 heteroatoms. The molecule has 0 unspecified atom stereocenters. The summed E-state index contributed by atoms with van der Waals surface area (Å²) in [5, 5.41) is 8.87. The van der Waals surface area contributed by atoms with Gasteiger partial charge in [0, 0.05) is 0 Å². The standard InChI is InChI=1S/C17H24ClFN2O2Si/c1-9(2)24(10(3)4,11(5)6)8-7-12-13(17(22)23)15(20)14(19)16(18)21-12/h9-11H,1-6H3,(H2,20,21)(H,22,23). The first-order valence-corrected chi connectivity index (χ1v) is 10.5. The van der Waals surface area contributed by atoms with Crippen LogP contribution in [0.2, 0.25) is 21.8 Å². The van der Waals surface area contributed by atoms with Crippen LogP contribution in [0.5, 0.6) is 0 Å². The summed E-state index contributed by atoms with van der Waals surface area (Å²) < 4.78 is 13.8. The van der Waals surface area contributed by atoms with E-state index in [1.165, 1.54) is 0 Å². The van der Waals surface area contributed by atoms with Crippen LogP contribution < -0.4 is 5.73 Å². The lowest BCUT2D eigenvalue weighted by Gasteiger charge is -2.38. The molecule has 1 rings (SSSR count). The number of carboxylic acid groups (broad SMARTS) is 1. The minimum absolute atomic E-state index is 0.0785. The van der Waals surface area contributed by atoms with Crippen LogP contribution in [0.4, 0.5) is 10.1 Å². The maximum atomic E-state index is 13.8. The Bertz CT molecular complexity index is 687. The Labute approximate surface area is 148 Å². The van der Waals surface area contributed by atoms with Crippen LogP contribution in [0.3, 0.4) is 0 Å². The smallest absolute Gasteiger partial charge is 0.340 e. The van der Waals surface area contributed by atoms with Crippen LogP contribution in [-0.2, 0) is 0 Å². The quantitative estimate of drug-likeness (QED) is 0.456. The van der Waals surface area contributed by atoms with E-state index < -0.39 is 36.3 Å². The molecule has 0 spiro atoms. The summed E-state index contributed by atoms with van der Waals surface area (Å²) in [6.07, 6.45) is 0. The molecule has 0 radical (unpaired) electrons. The highest BCUT2D eigenvalue weighted by Gasteiger charge is 2.41. The Morgan fingerprint density at radius 3 is 2.04 bits per heavy atom. The fourth-order valence-corrected chi connectivity index (χ4v) is 8.85. The van der Waals surface area contributed by atoms with Crippen LogP contribution in [0.1, 0.15) is 57.6 Å². The summed E-state index contributed by atoms with van der Waals surface area (Å²) in [4.78, 5) is 15.3. The number of rotatable bonds is 4. The van der Waals surface area contributed by atoms with Gasteiger partial charge in [-0.05, 0) is 16.6 Å². The van der Waals surface area contributed by atoms with Crippen LogP contribution in [-0.4, -0.2) is 24.1 Å². The number of hydrogen-bond acceptors (Lipinski definition) is 3. The van der Waals surface area contributed by atoms with E-state index in [0.29, 0.717) is 16.6 Å². The number of pyridine rings is 1. The number of halogens is 2. The van der Waals surface area contributed by atoms with Crippen molar-refractivity contribution in [2.75, 3.05) is 5.73 Å². The molecule has 0 saturated carbocycles. The second kappa shape index (κ2) is 7.54. The van der Waals surface area contributed by atoms with Crippen LogP contribution in [0, 0.1) is 17.3 Å². The molecule has 24 heavy (non-hydrogen) atoms. The van der Waals surface area contributed by atoms with Crippen molar-refractivity contribution >= 4 is 31.3 Å². The lowest BCUT2D eigenvalue weighted by Crippen LogP contribution is -2.43. The molecule has 0 amide bonds. The van der Waals surface area contributed by atoms with E-state index in [2.05, 4.69) is 58.0 Å². The third-order valence-electron chi connectivity index (χ3n) is 4.61. The Morgan fingerprint density at radius 2 is 1.67 bits per heavy atom. The molecule has 0 aromatic carbocycles. The van der Waals surface area contributed by atoms with Gasteiger partial charge in [-0.25, -0.2) is 14.2 Å². The van der Waals surface area contributed by atoms with Crippen LogP contribution in [0.25, 0.3) is 0 Å². The summed E-state index contributed by atoms with van der Waals surface area (Å²) in [6, 6.07) is 0. The molecular weight excluding hydrogens is 347 g/mol. The van der Waals surface area contributed by atoms with E-state index in [-0.39, 0.29) is 5.69 Å². The number of nitrogen functional groups attached to an aromatic ring is 1. The van der Waals surface area contributed by atoms with Crippen molar-refractivity contribution in [2.45, 2.75) is 58.2 Å². The average molecular weight is 371 g/mol. The maximum absolute atomic E-state index is 13.8. The Morgan fingerprint density at radius 1 is 1.21 bits per heavy atom. The second-order valence-electron chi connectivity index (χ2n) is 6.81. The third-order valence-corrected chi connectivity index (χ3v) is 11.2. The van der Waals surface area contributed by atoms with E-state index in [9.17, 15) is 14.3 Å². The van der Waals surface area contributed by atoms with Gasteiger partial charge in [-0.15, -0.1) is 5.54 Å². The fraction of sp³-hybridized carbons (Fsp3) is 0.529. The van der Waals surface area contributed by atoms with Gasteiger partial charge in [0.25, 0.3) is 0 Å². The molecule has 0 atom stereocenters. The van der Waals surface area contributed by atoms with Gasteiger partial charge >= 0.3 is 5.97 Å². The van der Waals surface area contributed by atoms with Gasteiger partial charge in [-0.3, -0.25) is 0 Å². The van der Waals surface area contributed by atoms with Crippen molar-refractivity contribution in [3.63, 3.8) is 0 Å². The summed E-state index contributed by atoms with van der Waals surface area (Å²) in [5.74, 6) is 0.479. The first kappa shape index (κ1) is 20.5. The van der Waals surface area contributed by atoms with Gasteiger partial charge in [0.05, 0.1) is 5.69 Å². The minimum atomic E-state index is -2.09. The fourth-order valence-electron chi connectivity index (χ4n) is 3.46. The molecule has 4 nitrogen and oxygen atoms in total. The normalized spacial score (nSPS) is 11.8. The lowest BCUT2D eigenvalue weighted by molar-refractivity contribution is 0.0697. The predicted molar refractivity (Wildman–Crippen MR) is 98.5 cm³/mol. The van der Waals surface area contributed by atoms with Gasteiger partial charge in [0.1, 0.15) is 19.3 Å². The van der Waals surface area contributed by atoms with Gasteiger partial charge in [-0.1, -0.05) is 59.1 Å². The molecule has 1 heterocycles. The molecule has 132 valence electrons. The lowest BCUT2D eigenvalue weighted by atomic mass is 10.1. The zero-order valence-electron chi connectivity index (χ0n) is 14.9. The molecule has 0 bridgehead atoms. The second-order valence-corrected chi connectivity index (χ2v) is 12.7. The van der Waals surface area contributed by atoms with Crippen molar-refractivity contribution in [3.8, 4) is 11.5 Å². The Balaban J connectivity index is 3.67. The van der Waals surface area contributed by atoms with E-state index >= 15 is 0 Å². The minimum Gasteiger partial charge on any atom is -0.478 e. The number of aromatic carboxylic acids is 1. The largest absolute Gasteiger partial charge is 0.478 e. The number of hydrogen-bond donors (Lipinski definition) is 2. The van der Waals surface area contributed by atoms with Crippen molar-refractivity contribution in [3.05, 3.63) is 22.2 Å². The van der Waals surface area contributed by atoms with E-state index in [4.69, 9.17) is 17.3 Å². The number of carboxylic acids is 1. The van der Waals surface area contributed by atoms with Crippen molar-refractivity contribution in [1.82, 2.24) is 4.98 Å². The van der Waals surface area contributed by atoms with Gasteiger partial charge in [-0.2, -0.15) is 0 Å². The van der Waals surface area contributed by atoms with Gasteiger partial charge < -0.3 is 10.8 Å². The van der Waals surface area contributed by atoms with Crippen molar-refractivity contribution in [1.29, 1.82) is 0 Å². The first-order chi connectivity index (χ1) is 11.0. The number of aromatic nitrogens is 1. The number of nitrogens with two attached hydrogens (primary N) is 1. The summed E-state index contributed by atoms with van der Waals surface area (Å²) in [6.45, 7) is 12.8. The SMILES string of the molecule is CC(C)[Si](C#Cc1nc(Cl)c(F)c(N)c1C(=O)O)(C(C)C)C(C)C. The third kappa shape index (κ3) is 3.57. The molecule has 3 N–H and O–H groups in total. The maximum Gasteiger partial charge on any atom is 0.340 e. The first-order valence-electron chi connectivity index (χ1n) is 7.87. The van der Waals surface area contributed by atoms with Crippen molar-refractivity contribution < 1.29 is 14.3 Å². The average Bonchev–Trinajstić information content (AvgIpc) is 2.43. The van der Waals surface area contributed by atoms with E-state index in [0.717, 1.165) is 0 Å². The summed E-state index contributed by atoms with van der Waals surface area (Å²) >= 11 is 5.72. The van der Waals surface area contributed by atoms with Gasteiger partial charge in [0.15, 0.2) is 11.0 Å². The summed E-state index contributed by atoms with van der Waals surface area (Å²) in [7, 11) is -2.09. The number of carbonyl (C=O) groups is 1. The molecular formula is C17H24ClFN2O2Si. The highest BCUT2D eigenvalue weighted by atomic mass is 35.5. The van der Waals surface area contributed by atoms with E-state index in [1.54, 1.807) is 0 Å². The van der Waals surface area contributed by atoms with Crippen LogP contribution >= 0.6 is 11.6 Å². The highest BCUT2D eigenvalue weighted by Crippen LogP contribution is 2.40. The molecule has 0 aliphatic carbocycles. The number of anilines is 1. The van der Waals surface area contributed by atoms with Gasteiger partial charge in [0.2, 0.25) is 0 Å². The Kier molecular flexibility index (Phi) is 6.43. The van der Waals surface area contributed by atoms with Crippen molar-refractivity contribution in [2.24, 2.45) is 0 Å². The van der Waals surface area contributed by atoms with E-state index in [1.807, 2.05) is 0 Å². The zero-order valence-corrected chi connectivity index (χ0v) is 16.6. The molecule has 0 aliphatic rings. The predicted octanol–water partition coefficient (Wildman–Crippen LogP) is 4.72.